The molecular formula is C22H28FN3O3. The molecule has 1 aromatic carbocycles. The van der Waals surface area contributed by atoms with Crippen LogP contribution in [0.5, 0.6) is 5.75 Å². The Hall–Kier alpha value is -2.44. The number of aromatic amines is 1. The molecule has 2 heterocycles. The predicted octanol–water partition coefficient (Wildman–Crippen LogP) is 3.43. The molecule has 1 saturated carbocycles. The zero-order valence-corrected chi connectivity index (χ0v) is 16.9. The van der Waals surface area contributed by atoms with E-state index in [4.69, 9.17) is 4.74 Å². The van der Waals surface area contributed by atoms with Crippen LogP contribution < -0.4 is 10.3 Å². The molecule has 7 heteroatoms. The van der Waals surface area contributed by atoms with Crippen molar-refractivity contribution in [1.82, 2.24) is 14.9 Å². The number of likely N-dealkylation sites (tertiary alicyclic amines) is 1. The minimum atomic E-state index is -0.606. The van der Waals surface area contributed by atoms with Gasteiger partial charge in [-0.3, -0.25) is 9.59 Å². The van der Waals surface area contributed by atoms with Gasteiger partial charge in [0.05, 0.1) is 12.1 Å². The third kappa shape index (κ3) is 4.60. The van der Waals surface area contributed by atoms with Crippen molar-refractivity contribution in [1.29, 1.82) is 0 Å². The second-order valence-corrected chi connectivity index (χ2v) is 8.43. The molecule has 0 spiro atoms. The van der Waals surface area contributed by atoms with Crippen LogP contribution in [0.15, 0.2) is 16.9 Å². The number of aromatic nitrogens is 2. The lowest BCUT2D eigenvalue weighted by molar-refractivity contribution is -0.130. The first-order chi connectivity index (χ1) is 14.0. The number of halogens is 1. The standard InChI is InChI=1S/C22H28FN3O3/c1-14(27)26-8-6-16(7-9-26)13-29-17-11-18(23)21-19(12-17)24-20(25-22(21)28)10-15-4-2-3-5-15/h11-12,15-16H,2-10,13H2,1H3,(H,24,25,28). The maximum Gasteiger partial charge on any atom is 0.261 e. The number of nitrogens with zero attached hydrogens (tertiary/aromatic N) is 2. The summed E-state index contributed by atoms with van der Waals surface area (Å²) in [5.41, 5.74) is -0.0770. The first kappa shape index (κ1) is 19.9. The van der Waals surface area contributed by atoms with E-state index in [1.165, 1.54) is 18.9 Å². The summed E-state index contributed by atoms with van der Waals surface area (Å²) in [6, 6.07) is 2.93. The number of carbonyl (C=O) groups is 1. The monoisotopic (exact) mass is 401 g/mol. The van der Waals surface area contributed by atoms with Crippen LogP contribution in [0, 0.1) is 17.7 Å². The quantitative estimate of drug-likeness (QED) is 0.833. The Morgan fingerprint density at radius 3 is 2.62 bits per heavy atom. The van der Waals surface area contributed by atoms with Gasteiger partial charge in [0.25, 0.3) is 5.56 Å². The maximum atomic E-state index is 14.6. The van der Waals surface area contributed by atoms with Crippen molar-refractivity contribution < 1.29 is 13.9 Å². The average Bonchev–Trinajstić information content (AvgIpc) is 3.19. The summed E-state index contributed by atoms with van der Waals surface area (Å²) >= 11 is 0. The number of nitrogens with one attached hydrogen (secondary N) is 1. The fourth-order valence-corrected chi connectivity index (χ4v) is 4.54. The van der Waals surface area contributed by atoms with E-state index in [2.05, 4.69) is 9.97 Å². The van der Waals surface area contributed by atoms with Gasteiger partial charge < -0.3 is 14.6 Å². The highest BCUT2D eigenvalue weighted by Gasteiger charge is 2.22. The molecule has 1 aliphatic carbocycles. The molecule has 1 saturated heterocycles. The Morgan fingerprint density at radius 2 is 1.93 bits per heavy atom. The number of rotatable bonds is 5. The lowest BCUT2D eigenvalue weighted by Gasteiger charge is -2.31. The largest absolute Gasteiger partial charge is 0.493 e. The molecule has 6 nitrogen and oxygen atoms in total. The van der Waals surface area contributed by atoms with Gasteiger partial charge in [-0.1, -0.05) is 25.7 Å². The molecule has 2 fully saturated rings. The summed E-state index contributed by atoms with van der Waals surface area (Å²) in [6.45, 7) is 3.52. The van der Waals surface area contributed by atoms with Crippen molar-refractivity contribution >= 4 is 16.8 Å². The van der Waals surface area contributed by atoms with Crippen LogP contribution in [-0.4, -0.2) is 40.5 Å². The van der Waals surface area contributed by atoms with Crippen LogP contribution in [0.4, 0.5) is 4.39 Å². The van der Waals surface area contributed by atoms with Crippen molar-refractivity contribution in [3.63, 3.8) is 0 Å². The Morgan fingerprint density at radius 1 is 1.21 bits per heavy atom. The number of amides is 1. The minimum absolute atomic E-state index is 0.0118. The minimum Gasteiger partial charge on any atom is -0.493 e. The number of carbonyl (C=O) groups excluding carboxylic acids is 1. The molecule has 1 N–H and O–H groups in total. The summed E-state index contributed by atoms with van der Waals surface area (Å²) in [5.74, 6) is 1.39. The van der Waals surface area contributed by atoms with Gasteiger partial charge in [-0.2, -0.15) is 0 Å². The van der Waals surface area contributed by atoms with E-state index in [1.54, 1.807) is 13.0 Å². The highest BCUT2D eigenvalue weighted by atomic mass is 19.1. The molecular weight excluding hydrogens is 373 g/mol. The molecule has 1 aromatic heterocycles. The Balaban J connectivity index is 1.47. The Labute approximate surface area is 169 Å². The fourth-order valence-electron chi connectivity index (χ4n) is 4.54. The van der Waals surface area contributed by atoms with E-state index in [0.29, 0.717) is 35.5 Å². The molecule has 0 radical (unpaired) electrons. The van der Waals surface area contributed by atoms with Gasteiger partial charge in [0.1, 0.15) is 22.8 Å². The number of hydrogen-bond acceptors (Lipinski definition) is 4. The maximum absolute atomic E-state index is 14.6. The van der Waals surface area contributed by atoms with Crippen LogP contribution in [-0.2, 0) is 11.2 Å². The molecule has 2 aromatic rings. The summed E-state index contributed by atoms with van der Waals surface area (Å²) in [5, 5.41) is -0.0118. The zero-order chi connectivity index (χ0) is 20.4. The second-order valence-electron chi connectivity index (χ2n) is 8.43. The molecule has 1 aliphatic heterocycles. The molecule has 0 bridgehead atoms. The van der Waals surface area contributed by atoms with Gasteiger partial charge in [0, 0.05) is 38.6 Å². The Bertz CT molecular complexity index is 944. The van der Waals surface area contributed by atoms with Gasteiger partial charge in [-0.15, -0.1) is 0 Å². The van der Waals surface area contributed by atoms with Gasteiger partial charge in [-0.25, -0.2) is 9.37 Å². The normalized spacial score (nSPS) is 18.5. The third-order valence-corrected chi connectivity index (χ3v) is 6.29. The number of benzene rings is 1. The van der Waals surface area contributed by atoms with Crippen LogP contribution in [0.25, 0.3) is 10.9 Å². The second kappa shape index (κ2) is 8.51. The number of H-pyrrole nitrogens is 1. The van der Waals surface area contributed by atoms with E-state index in [-0.39, 0.29) is 11.3 Å². The number of ether oxygens (including phenoxy) is 1. The van der Waals surface area contributed by atoms with Crippen molar-refractivity contribution in [3.8, 4) is 5.75 Å². The third-order valence-electron chi connectivity index (χ3n) is 6.29. The molecule has 0 unspecified atom stereocenters. The molecule has 4 rings (SSSR count). The van der Waals surface area contributed by atoms with Crippen molar-refractivity contribution in [3.05, 3.63) is 34.1 Å². The van der Waals surface area contributed by atoms with E-state index >= 15 is 0 Å². The summed E-state index contributed by atoms with van der Waals surface area (Å²) < 4.78 is 20.4. The van der Waals surface area contributed by atoms with Crippen LogP contribution >= 0.6 is 0 Å². The molecule has 156 valence electrons. The summed E-state index contributed by atoms with van der Waals surface area (Å²) in [7, 11) is 0. The summed E-state index contributed by atoms with van der Waals surface area (Å²) in [4.78, 5) is 32.9. The van der Waals surface area contributed by atoms with Crippen molar-refractivity contribution in [2.45, 2.75) is 51.9 Å². The van der Waals surface area contributed by atoms with Gasteiger partial charge in [0.15, 0.2) is 0 Å². The van der Waals surface area contributed by atoms with Gasteiger partial charge >= 0.3 is 0 Å². The first-order valence-electron chi connectivity index (χ1n) is 10.6. The van der Waals surface area contributed by atoms with Crippen molar-refractivity contribution in [2.24, 2.45) is 11.8 Å². The zero-order valence-electron chi connectivity index (χ0n) is 16.9. The van der Waals surface area contributed by atoms with Gasteiger partial charge in [-0.05, 0) is 24.7 Å². The van der Waals surface area contributed by atoms with E-state index < -0.39 is 11.4 Å². The van der Waals surface area contributed by atoms with E-state index in [0.717, 1.165) is 45.2 Å². The van der Waals surface area contributed by atoms with E-state index in [9.17, 15) is 14.0 Å². The number of hydrogen-bond donors (Lipinski definition) is 1. The molecule has 1 amide bonds. The van der Waals surface area contributed by atoms with Crippen molar-refractivity contribution in [2.75, 3.05) is 19.7 Å². The number of fused-ring (bicyclic) bond motifs is 1. The Kier molecular flexibility index (Phi) is 5.83. The predicted molar refractivity (Wildman–Crippen MR) is 108 cm³/mol. The van der Waals surface area contributed by atoms with Crippen LogP contribution in [0.1, 0.15) is 51.3 Å². The fraction of sp³-hybridized carbons (Fsp3) is 0.591. The molecule has 29 heavy (non-hydrogen) atoms. The van der Waals surface area contributed by atoms with Crippen LogP contribution in [0.3, 0.4) is 0 Å². The number of piperidine rings is 1. The highest BCUT2D eigenvalue weighted by Crippen LogP contribution is 2.28. The molecule has 2 aliphatic rings. The smallest absolute Gasteiger partial charge is 0.261 e. The van der Waals surface area contributed by atoms with E-state index in [1.807, 2.05) is 4.90 Å². The van der Waals surface area contributed by atoms with Crippen LogP contribution in [0.2, 0.25) is 0 Å². The first-order valence-corrected chi connectivity index (χ1v) is 10.6. The van der Waals surface area contributed by atoms with Gasteiger partial charge in [0.2, 0.25) is 5.91 Å². The highest BCUT2D eigenvalue weighted by molar-refractivity contribution is 5.79. The lowest BCUT2D eigenvalue weighted by atomic mass is 9.98. The SMILES string of the molecule is CC(=O)N1CCC(COc2cc(F)c3c(=O)[nH]c(CC4CCCC4)nc3c2)CC1. The lowest BCUT2D eigenvalue weighted by Crippen LogP contribution is -2.38. The topological polar surface area (TPSA) is 75.3 Å². The molecule has 0 atom stereocenters. The summed E-state index contributed by atoms with van der Waals surface area (Å²) in [6.07, 6.45) is 7.23. The average molecular weight is 401 g/mol.